The molecule has 0 aromatic heterocycles. The fraction of sp³-hybridized carbons (Fsp3) is 0.400. The summed E-state index contributed by atoms with van der Waals surface area (Å²) in [6.07, 6.45) is 0.358. The second-order valence-corrected chi connectivity index (χ2v) is 9.18. The Morgan fingerprint density at radius 2 is 1.80 bits per heavy atom. The zero-order valence-corrected chi connectivity index (χ0v) is 19.7. The highest BCUT2D eigenvalue weighted by Crippen LogP contribution is 2.38. The number of hydrogen-bond donors (Lipinski definition) is 4. The monoisotopic (exact) mass is 489 g/mol. The van der Waals surface area contributed by atoms with E-state index in [4.69, 9.17) is 10.5 Å². The van der Waals surface area contributed by atoms with Crippen LogP contribution in [0.5, 0.6) is 0 Å². The number of hydrogen-bond acceptors (Lipinski definition) is 5. The standard InChI is InChI=1S/C25H29F2N3O5/c1-25(2)18-10-14(22(28)31)5-4-13(18)11-20(35-3)21(25)29-7-6-19(24(33)34)30-23(32)15-8-16(26)12-17(27)9-15/h4-5,8-10,12,19-21,29H,6-7,11H2,1-3H3,(H2,28,31)(H,30,32)(H,33,34)/t19-,20-,21+/m0/s1. The van der Waals surface area contributed by atoms with Crippen LogP contribution >= 0.6 is 0 Å². The number of carboxylic acids is 1. The number of benzene rings is 2. The van der Waals surface area contributed by atoms with Gasteiger partial charge in [-0.25, -0.2) is 13.6 Å². The molecule has 3 atom stereocenters. The minimum atomic E-state index is -1.29. The van der Waals surface area contributed by atoms with E-state index in [-0.39, 0.29) is 30.7 Å². The van der Waals surface area contributed by atoms with Crippen LogP contribution in [-0.2, 0) is 21.4 Å². The van der Waals surface area contributed by atoms with E-state index in [0.29, 0.717) is 18.1 Å². The molecule has 0 spiro atoms. The average molecular weight is 490 g/mol. The van der Waals surface area contributed by atoms with Gasteiger partial charge < -0.3 is 26.2 Å². The van der Waals surface area contributed by atoms with Gasteiger partial charge in [0.1, 0.15) is 17.7 Å². The number of carboxylic acid groups (broad SMARTS) is 1. The van der Waals surface area contributed by atoms with Crippen molar-refractivity contribution in [3.05, 3.63) is 70.3 Å². The van der Waals surface area contributed by atoms with Crippen molar-refractivity contribution < 1.29 is 33.0 Å². The highest BCUT2D eigenvalue weighted by molar-refractivity contribution is 5.96. The zero-order chi connectivity index (χ0) is 25.9. The van der Waals surface area contributed by atoms with E-state index in [1.54, 1.807) is 19.2 Å². The summed E-state index contributed by atoms with van der Waals surface area (Å²) in [6.45, 7) is 4.19. The molecule has 0 saturated heterocycles. The third-order valence-electron chi connectivity index (χ3n) is 6.49. The molecule has 0 heterocycles. The Hall–Kier alpha value is -3.37. The maximum absolute atomic E-state index is 13.4. The van der Waals surface area contributed by atoms with Gasteiger partial charge in [0.05, 0.1) is 6.10 Å². The summed E-state index contributed by atoms with van der Waals surface area (Å²) in [7, 11) is 1.59. The molecule has 5 N–H and O–H groups in total. The lowest BCUT2D eigenvalue weighted by atomic mass is 9.67. The number of carbonyl (C=O) groups excluding carboxylic acids is 2. The van der Waals surface area contributed by atoms with E-state index >= 15 is 0 Å². The van der Waals surface area contributed by atoms with E-state index in [1.165, 1.54) is 0 Å². The highest BCUT2D eigenvalue weighted by atomic mass is 19.1. The number of primary amides is 1. The van der Waals surface area contributed by atoms with Crippen molar-refractivity contribution in [2.45, 2.75) is 50.3 Å². The number of methoxy groups -OCH3 is 1. The molecule has 1 aliphatic rings. The number of nitrogens with one attached hydrogen (secondary N) is 2. The Labute approximate surface area is 201 Å². The first kappa shape index (κ1) is 26.2. The number of rotatable bonds is 9. The molecule has 10 heteroatoms. The molecule has 8 nitrogen and oxygen atoms in total. The van der Waals surface area contributed by atoms with Crippen LogP contribution in [0.25, 0.3) is 0 Å². The molecule has 35 heavy (non-hydrogen) atoms. The largest absolute Gasteiger partial charge is 0.480 e. The zero-order valence-electron chi connectivity index (χ0n) is 19.7. The SMILES string of the molecule is CO[C@H]1Cc2ccc(C(N)=O)cc2C(C)(C)[C@@H]1NCC[C@H](NC(=O)c1cc(F)cc(F)c1)C(=O)O. The summed E-state index contributed by atoms with van der Waals surface area (Å²) in [5.74, 6) is -4.57. The minimum Gasteiger partial charge on any atom is -0.480 e. The number of fused-ring (bicyclic) bond motifs is 1. The molecule has 0 radical (unpaired) electrons. The Morgan fingerprint density at radius 3 is 2.37 bits per heavy atom. The second kappa shape index (κ2) is 10.5. The third-order valence-corrected chi connectivity index (χ3v) is 6.49. The Morgan fingerprint density at radius 1 is 1.14 bits per heavy atom. The Kier molecular flexibility index (Phi) is 7.86. The number of amides is 2. The maximum atomic E-state index is 13.4. The van der Waals surface area contributed by atoms with Crippen LogP contribution in [0.2, 0.25) is 0 Å². The van der Waals surface area contributed by atoms with Crippen LogP contribution in [0, 0.1) is 11.6 Å². The van der Waals surface area contributed by atoms with Crippen LogP contribution in [0.4, 0.5) is 8.78 Å². The Balaban J connectivity index is 1.72. The number of halogens is 2. The summed E-state index contributed by atoms with van der Waals surface area (Å²) in [5.41, 5.74) is 7.01. The fourth-order valence-corrected chi connectivity index (χ4v) is 4.65. The smallest absolute Gasteiger partial charge is 0.326 e. The van der Waals surface area contributed by atoms with Crippen LogP contribution in [0.3, 0.4) is 0 Å². The summed E-state index contributed by atoms with van der Waals surface area (Å²) in [6, 6.07) is 6.08. The molecule has 0 aliphatic heterocycles. The summed E-state index contributed by atoms with van der Waals surface area (Å²) in [4.78, 5) is 35.8. The van der Waals surface area contributed by atoms with Crippen molar-refractivity contribution in [2.75, 3.05) is 13.7 Å². The van der Waals surface area contributed by atoms with Crippen molar-refractivity contribution in [3.63, 3.8) is 0 Å². The first-order chi connectivity index (χ1) is 16.4. The molecular weight excluding hydrogens is 460 g/mol. The van der Waals surface area contributed by atoms with Crippen molar-refractivity contribution in [1.29, 1.82) is 0 Å². The molecule has 2 aromatic rings. The van der Waals surface area contributed by atoms with Gasteiger partial charge in [0, 0.05) is 42.2 Å². The molecule has 188 valence electrons. The van der Waals surface area contributed by atoms with Crippen LogP contribution < -0.4 is 16.4 Å². The van der Waals surface area contributed by atoms with E-state index in [0.717, 1.165) is 23.3 Å². The van der Waals surface area contributed by atoms with Gasteiger partial charge in [0.2, 0.25) is 5.91 Å². The van der Waals surface area contributed by atoms with Crippen LogP contribution in [0.15, 0.2) is 36.4 Å². The number of aliphatic carboxylic acids is 1. The molecule has 0 fully saturated rings. The molecule has 0 bridgehead atoms. The van der Waals surface area contributed by atoms with Crippen molar-refractivity contribution >= 4 is 17.8 Å². The van der Waals surface area contributed by atoms with Gasteiger partial charge in [-0.1, -0.05) is 19.9 Å². The van der Waals surface area contributed by atoms with Gasteiger partial charge in [0.15, 0.2) is 0 Å². The lowest BCUT2D eigenvalue weighted by Gasteiger charge is -2.45. The Bertz CT molecular complexity index is 1120. The van der Waals surface area contributed by atoms with E-state index in [9.17, 15) is 28.3 Å². The predicted molar refractivity (Wildman–Crippen MR) is 124 cm³/mol. The molecule has 0 saturated carbocycles. The van der Waals surface area contributed by atoms with Gasteiger partial charge in [-0.15, -0.1) is 0 Å². The molecule has 1 aliphatic carbocycles. The van der Waals surface area contributed by atoms with Crippen molar-refractivity contribution in [3.8, 4) is 0 Å². The maximum Gasteiger partial charge on any atom is 0.326 e. The lowest BCUT2D eigenvalue weighted by molar-refractivity contribution is -0.139. The van der Waals surface area contributed by atoms with E-state index in [2.05, 4.69) is 10.6 Å². The second-order valence-electron chi connectivity index (χ2n) is 9.18. The van der Waals surface area contributed by atoms with Crippen molar-refractivity contribution in [2.24, 2.45) is 5.73 Å². The minimum absolute atomic E-state index is 0.00999. The third kappa shape index (κ3) is 5.83. The summed E-state index contributed by atoms with van der Waals surface area (Å²) < 4.78 is 32.6. The summed E-state index contributed by atoms with van der Waals surface area (Å²) >= 11 is 0. The lowest BCUT2D eigenvalue weighted by Crippen LogP contribution is -2.57. The molecular formula is C25H29F2N3O5. The topological polar surface area (TPSA) is 131 Å². The quantitative estimate of drug-likeness (QED) is 0.427. The van der Waals surface area contributed by atoms with Gasteiger partial charge in [-0.05, 0) is 48.4 Å². The number of nitrogens with two attached hydrogens (primary N) is 1. The number of carbonyl (C=O) groups is 3. The first-order valence-electron chi connectivity index (χ1n) is 11.1. The number of ether oxygens (including phenoxy) is 1. The summed E-state index contributed by atoms with van der Waals surface area (Å²) in [5, 5.41) is 15.2. The van der Waals surface area contributed by atoms with Crippen molar-refractivity contribution in [1.82, 2.24) is 10.6 Å². The average Bonchev–Trinajstić information content (AvgIpc) is 2.78. The normalized spacial score (nSPS) is 19.5. The molecule has 2 amide bonds. The fourth-order valence-electron chi connectivity index (χ4n) is 4.65. The molecule has 3 rings (SSSR count). The van der Waals surface area contributed by atoms with Gasteiger partial charge in [0.25, 0.3) is 5.91 Å². The van der Waals surface area contributed by atoms with E-state index in [1.807, 2.05) is 19.9 Å². The van der Waals surface area contributed by atoms with Crippen LogP contribution in [-0.4, -0.2) is 54.7 Å². The van der Waals surface area contributed by atoms with E-state index < -0.39 is 40.9 Å². The van der Waals surface area contributed by atoms with Gasteiger partial charge in [-0.3, -0.25) is 9.59 Å². The van der Waals surface area contributed by atoms with Gasteiger partial charge in [-0.2, -0.15) is 0 Å². The predicted octanol–water partition coefficient (Wildman–Crippen LogP) is 2.14. The first-order valence-corrected chi connectivity index (χ1v) is 11.1. The van der Waals surface area contributed by atoms with Crippen LogP contribution in [0.1, 0.15) is 52.1 Å². The van der Waals surface area contributed by atoms with Gasteiger partial charge >= 0.3 is 5.97 Å². The molecule has 2 aromatic carbocycles. The highest BCUT2D eigenvalue weighted by Gasteiger charge is 2.42. The molecule has 0 unspecified atom stereocenters.